The lowest BCUT2D eigenvalue weighted by molar-refractivity contribution is 0.291. The molecule has 1 heterocycles. The van der Waals surface area contributed by atoms with Crippen LogP contribution >= 0.6 is 7.26 Å². The predicted molar refractivity (Wildman–Crippen MR) is 149 cm³/mol. The Morgan fingerprint density at radius 2 is 1.26 bits per heavy atom. The highest BCUT2D eigenvalue weighted by atomic mass is 31.2. The number of rotatable bonds is 6. The van der Waals surface area contributed by atoms with Crippen molar-refractivity contribution in [3.63, 3.8) is 0 Å². The molecule has 1 nitrogen and oxygen atoms in total. The van der Waals surface area contributed by atoms with Gasteiger partial charge in [0.15, 0.2) is 0 Å². The van der Waals surface area contributed by atoms with E-state index in [2.05, 4.69) is 136 Å². The van der Waals surface area contributed by atoms with Crippen molar-refractivity contribution in [2.45, 2.75) is 26.2 Å². The average molecular weight is 464 g/mol. The number of hydrogen-bond acceptors (Lipinski definition) is 1. The zero-order valence-electron chi connectivity index (χ0n) is 20.2. The zero-order valence-corrected chi connectivity index (χ0v) is 21.1. The Bertz CT molecular complexity index is 1190. The van der Waals surface area contributed by atoms with Crippen LogP contribution in [0.2, 0.25) is 0 Å². The van der Waals surface area contributed by atoms with E-state index >= 15 is 0 Å². The fourth-order valence-corrected chi connectivity index (χ4v) is 9.09. The van der Waals surface area contributed by atoms with Gasteiger partial charge in [0.05, 0.1) is 12.8 Å². The first-order valence-electron chi connectivity index (χ1n) is 12.0. The molecule has 0 aromatic heterocycles. The number of benzene rings is 4. The van der Waals surface area contributed by atoms with E-state index in [4.69, 9.17) is 4.74 Å². The molecule has 2 heteroatoms. The molecule has 0 saturated heterocycles. The Kier molecular flexibility index (Phi) is 6.15. The molecule has 0 unspecified atom stereocenters. The van der Waals surface area contributed by atoms with Crippen molar-refractivity contribution in [2.75, 3.05) is 12.8 Å². The van der Waals surface area contributed by atoms with Gasteiger partial charge in [0.25, 0.3) is 0 Å². The minimum absolute atomic E-state index is 0.0560. The molecule has 0 amide bonds. The average Bonchev–Trinajstić information content (AvgIpc) is 3.20. The van der Waals surface area contributed by atoms with Gasteiger partial charge in [0.1, 0.15) is 28.9 Å². The van der Waals surface area contributed by atoms with E-state index in [-0.39, 0.29) is 5.41 Å². The molecule has 0 atom stereocenters. The Labute approximate surface area is 204 Å². The maximum Gasteiger partial charge on any atom is 0.123 e. The summed E-state index contributed by atoms with van der Waals surface area (Å²) in [6, 6.07) is 40.0. The standard InChI is InChI=1S/C32H32OP/c1-25(26-19-20-31-30(23-26)32(2,3)24-33-31)21-22-34(27-13-7-4-8-14-27,28-15-9-5-10-16-28)29-17-11-6-12-18-29/h4-21,23H,22,24H2,1-3H3/q+1/b25-21+. The molecule has 1 aliphatic rings. The Hall–Kier alpha value is -3.15. The summed E-state index contributed by atoms with van der Waals surface area (Å²) >= 11 is 0. The summed E-state index contributed by atoms with van der Waals surface area (Å²) in [5.41, 5.74) is 3.97. The molecule has 0 bridgehead atoms. The number of ether oxygens (including phenoxy) is 1. The second-order valence-electron chi connectivity index (χ2n) is 9.77. The summed E-state index contributed by atoms with van der Waals surface area (Å²) in [4.78, 5) is 0. The van der Waals surface area contributed by atoms with Crippen molar-refractivity contribution >= 4 is 28.7 Å². The monoisotopic (exact) mass is 463 g/mol. The van der Waals surface area contributed by atoms with Crippen LogP contribution in [0.4, 0.5) is 0 Å². The first-order valence-corrected chi connectivity index (χ1v) is 14.0. The zero-order chi connectivity index (χ0) is 23.6. The third-order valence-electron chi connectivity index (χ3n) is 7.01. The largest absolute Gasteiger partial charge is 0.492 e. The van der Waals surface area contributed by atoms with Crippen molar-refractivity contribution < 1.29 is 4.74 Å². The SMILES string of the molecule is C/C(=C\C[P+](c1ccccc1)(c1ccccc1)c1ccccc1)c1ccc2c(c1)C(C)(C)CO2. The van der Waals surface area contributed by atoms with Crippen molar-refractivity contribution in [3.8, 4) is 5.75 Å². The summed E-state index contributed by atoms with van der Waals surface area (Å²) in [5.74, 6) is 1.03. The second kappa shape index (κ2) is 9.24. The Morgan fingerprint density at radius 3 is 1.76 bits per heavy atom. The van der Waals surface area contributed by atoms with Gasteiger partial charge in [-0.1, -0.05) is 74.5 Å². The van der Waals surface area contributed by atoms with Gasteiger partial charge in [-0.25, -0.2) is 0 Å². The van der Waals surface area contributed by atoms with Crippen LogP contribution in [-0.4, -0.2) is 12.8 Å². The molecule has 0 N–H and O–H groups in total. The molecule has 0 aliphatic carbocycles. The Balaban J connectivity index is 1.63. The normalized spacial score (nSPS) is 15.0. The minimum Gasteiger partial charge on any atom is -0.492 e. The van der Waals surface area contributed by atoms with Crippen LogP contribution in [0.5, 0.6) is 5.75 Å². The lowest BCUT2D eigenvalue weighted by atomic mass is 9.85. The fraction of sp³-hybridized carbons (Fsp3) is 0.188. The molecule has 0 fully saturated rings. The molecular weight excluding hydrogens is 431 g/mol. The first-order chi connectivity index (χ1) is 16.5. The van der Waals surface area contributed by atoms with E-state index in [1.807, 2.05) is 0 Å². The van der Waals surface area contributed by atoms with E-state index in [1.54, 1.807) is 0 Å². The van der Waals surface area contributed by atoms with Crippen LogP contribution < -0.4 is 20.7 Å². The smallest absolute Gasteiger partial charge is 0.123 e. The van der Waals surface area contributed by atoms with E-state index in [0.717, 1.165) is 18.5 Å². The van der Waals surface area contributed by atoms with Crippen molar-refractivity contribution in [1.82, 2.24) is 0 Å². The van der Waals surface area contributed by atoms with Crippen molar-refractivity contribution in [3.05, 3.63) is 126 Å². The third-order valence-corrected chi connectivity index (χ3v) is 11.3. The summed E-state index contributed by atoms with van der Waals surface area (Å²) in [6.45, 7) is 7.52. The first kappa shape index (κ1) is 22.6. The van der Waals surface area contributed by atoms with Crippen molar-refractivity contribution in [2.24, 2.45) is 0 Å². The van der Waals surface area contributed by atoms with Gasteiger partial charge >= 0.3 is 0 Å². The van der Waals surface area contributed by atoms with Crippen LogP contribution in [0.3, 0.4) is 0 Å². The summed E-state index contributed by atoms with van der Waals surface area (Å²) in [5, 5.41) is 4.25. The lowest BCUT2D eigenvalue weighted by Gasteiger charge is -2.27. The van der Waals surface area contributed by atoms with Gasteiger partial charge in [0, 0.05) is 11.0 Å². The van der Waals surface area contributed by atoms with Crippen LogP contribution in [0, 0.1) is 0 Å². The summed E-state index contributed by atoms with van der Waals surface area (Å²) < 4.78 is 5.92. The highest BCUT2D eigenvalue weighted by Crippen LogP contribution is 2.55. The second-order valence-corrected chi connectivity index (χ2v) is 13.3. The van der Waals surface area contributed by atoms with Crippen LogP contribution in [0.15, 0.2) is 115 Å². The molecule has 4 aromatic carbocycles. The van der Waals surface area contributed by atoms with E-state index in [1.165, 1.54) is 32.6 Å². The molecular formula is C32H32OP+. The van der Waals surface area contributed by atoms with Gasteiger partial charge in [0.2, 0.25) is 0 Å². The van der Waals surface area contributed by atoms with Gasteiger partial charge in [-0.05, 0) is 72.7 Å². The fourth-order valence-electron chi connectivity index (χ4n) is 4.97. The van der Waals surface area contributed by atoms with E-state index in [0.29, 0.717) is 0 Å². The van der Waals surface area contributed by atoms with E-state index in [9.17, 15) is 0 Å². The third kappa shape index (κ3) is 4.10. The number of fused-ring (bicyclic) bond motifs is 1. The van der Waals surface area contributed by atoms with Gasteiger partial charge in [-0.2, -0.15) is 0 Å². The lowest BCUT2D eigenvalue weighted by Crippen LogP contribution is -2.33. The summed E-state index contributed by atoms with van der Waals surface area (Å²) in [6.07, 6.45) is 3.44. The highest BCUT2D eigenvalue weighted by molar-refractivity contribution is 7.95. The van der Waals surface area contributed by atoms with Crippen LogP contribution in [-0.2, 0) is 5.41 Å². The molecule has 5 rings (SSSR count). The Morgan fingerprint density at radius 1 is 0.765 bits per heavy atom. The highest BCUT2D eigenvalue weighted by Gasteiger charge is 2.44. The van der Waals surface area contributed by atoms with Gasteiger partial charge in [-0.15, -0.1) is 0 Å². The molecule has 34 heavy (non-hydrogen) atoms. The maximum atomic E-state index is 5.92. The quantitative estimate of drug-likeness (QED) is 0.287. The molecule has 0 radical (unpaired) electrons. The molecule has 0 saturated carbocycles. The topological polar surface area (TPSA) is 9.23 Å². The van der Waals surface area contributed by atoms with Gasteiger partial charge in [-0.3, -0.25) is 0 Å². The molecule has 170 valence electrons. The molecule has 0 spiro atoms. The van der Waals surface area contributed by atoms with E-state index < -0.39 is 7.26 Å². The van der Waals surface area contributed by atoms with Crippen molar-refractivity contribution in [1.29, 1.82) is 0 Å². The summed E-state index contributed by atoms with van der Waals surface area (Å²) in [7, 11) is -1.87. The van der Waals surface area contributed by atoms with Gasteiger partial charge < -0.3 is 4.74 Å². The maximum absolute atomic E-state index is 5.92. The number of allylic oxidation sites excluding steroid dienone is 2. The van der Waals surface area contributed by atoms with Crippen LogP contribution in [0.1, 0.15) is 31.9 Å². The predicted octanol–water partition coefficient (Wildman–Crippen LogP) is 6.75. The van der Waals surface area contributed by atoms with Crippen LogP contribution in [0.25, 0.3) is 5.57 Å². The minimum atomic E-state index is -1.87. The number of hydrogen-bond donors (Lipinski definition) is 0. The molecule has 4 aromatic rings. The molecule has 1 aliphatic heterocycles.